The summed E-state index contributed by atoms with van der Waals surface area (Å²) in [7, 11) is 0. The highest BCUT2D eigenvalue weighted by molar-refractivity contribution is 5.73. The zero-order valence-corrected chi connectivity index (χ0v) is 7.17. The SMILES string of the molecule is C#CCC(CC#C)C(=O)OCC. The summed E-state index contributed by atoms with van der Waals surface area (Å²) in [4.78, 5) is 11.1. The van der Waals surface area contributed by atoms with Crippen molar-refractivity contribution in [2.75, 3.05) is 6.61 Å². The predicted molar refractivity (Wildman–Crippen MR) is 47.0 cm³/mol. The van der Waals surface area contributed by atoms with Crippen LogP contribution in [0.5, 0.6) is 0 Å². The van der Waals surface area contributed by atoms with Gasteiger partial charge in [-0.1, -0.05) is 0 Å². The van der Waals surface area contributed by atoms with Gasteiger partial charge in [0.25, 0.3) is 0 Å². The van der Waals surface area contributed by atoms with Gasteiger partial charge in [-0.2, -0.15) is 0 Å². The molecule has 0 aliphatic rings. The van der Waals surface area contributed by atoms with E-state index in [0.717, 1.165) is 0 Å². The molecule has 0 amide bonds. The van der Waals surface area contributed by atoms with Gasteiger partial charge in [-0.05, 0) is 6.92 Å². The Morgan fingerprint density at radius 2 is 1.92 bits per heavy atom. The van der Waals surface area contributed by atoms with Crippen LogP contribution in [0.2, 0.25) is 0 Å². The van der Waals surface area contributed by atoms with E-state index in [-0.39, 0.29) is 11.9 Å². The summed E-state index contributed by atoms with van der Waals surface area (Å²) in [6, 6.07) is 0. The van der Waals surface area contributed by atoms with Gasteiger partial charge in [-0.25, -0.2) is 0 Å². The van der Waals surface area contributed by atoms with Crippen LogP contribution in [0.3, 0.4) is 0 Å². The van der Waals surface area contributed by atoms with Crippen molar-refractivity contribution in [3.63, 3.8) is 0 Å². The summed E-state index contributed by atoms with van der Waals surface area (Å²) in [6.07, 6.45) is 10.8. The quantitative estimate of drug-likeness (QED) is 0.461. The first-order chi connectivity index (χ1) is 5.76. The van der Waals surface area contributed by atoms with Crippen molar-refractivity contribution >= 4 is 5.97 Å². The van der Waals surface area contributed by atoms with Crippen LogP contribution in [0.15, 0.2) is 0 Å². The minimum atomic E-state index is -0.333. The van der Waals surface area contributed by atoms with Crippen molar-refractivity contribution in [3.8, 4) is 24.7 Å². The van der Waals surface area contributed by atoms with E-state index < -0.39 is 0 Å². The van der Waals surface area contributed by atoms with E-state index >= 15 is 0 Å². The maximum absolute atomic E-state index is 11.1. The molecule has 0 aliphatic carbocycles. The Hall–Kier alpha value is -1.41. The van der Waals surface area contributed by atoms with Crippen LogP contribution in [-0.2, 0) is 9.53 Å². The Labute approximate surface area is 73.3 Å². The first-order valence-electron chi connectivity index (χ1n) is 3.79. The molecule has 0 aliphatic heterocycles. The van der Waals surface area contributed by atoms with Crippen LogP contribution in [0.25, 0.3) is 0 Å². The van der Waals surface area contributed by atoms with Crippen LogP contribution in [0, 0.1) is 30.6 Å². The lowest BCUT2D eigenvalue weighted by Gasteiger charge is -2.08. The third-order valence-electron chi connectivity index (χ3n) is 1.35. The topological polar surface area (TPSA) is 26.3 Å². The second kappa shape index (κ2) is 6.31. The summed E-state index contributed by atoms with van der Waals surface area (Å²) < 4.78 is 4.78. The minimum Gasteiger partial charge on any atom is -0.466 e. The van der Waals surface area contributed by atoms with Crippen LogP contribution >= 0.6 is 0 Å². The molecule has 0 heterocycles. The molecule has 0 unspecified atom stereocenters. The molecule has 2 heteroatoms. The van der Waals surface area contributed by atoms with E-state index in [9.17, 15) is 4.79 Å². The number of hydrogen-bond donors (Lipinski definition) is 0. The minimum absolute atomic E-state index is 0.298. The number of carbonyl (C=O) groups is 1. The van der Waals surface area contributed by atoms with Gasteiger partial charge >= 0.3 is 5.97 Å². The molecule has 0 fully saturated rings. The van der Waals surface area contributed by atoms with Gasteiger partial charge in [-0.3, -0.25) is 4.79 Å². The first-order valence-corrected chi connectivity index (χ1v) is 3.79. The number of hydrogen-bond acceptors (Lipinski definition) is 2. The zero-order valence-electron chi connectivity index (χ0n) is 7.17. The molecule has 0 N–H and O–H groups in total. The fourth-order valence-electron chi connectivity index (χ4n) is 0.783. The van der Waals surface area contributed by atoms with Gasteiger partial charge in [0.05, 0.1) is 12.5 Å². The first kappa shape index (κ1) is 10.6. The van der Waals surface area contributed by atoms with E-state index in [0.29, 0.717) is 19.4 Å². The lowest BCUT2D eigenvalue weighted by molar-refractivity contribution is -0.147. The third kappa shape index (κ3) is 3.68. The van der Waals surface area contributed by atoms with Gasteiger partial charge in [0.15, 0.2) is 0 Å². The van der Waals surface area contributed by atoms with Gasteiger partial charge in [0.1, 0.15) is 0 Å². The van der Waals surface area contributed by atoms with Crippen molar-refractivity contribution < 1.29 is 9.53 Å². The number of esters is 1. The highest BCUT2D eigenvalue weighted by atomic mass is 16.5. The molecule has 0 saturated heterocycles. The molecule has 0 aromatic carbocycles. The Bertz CT molecular complexity index is 201. The molecule has 0 radical (unpaired) electrons. The average Bonchev–Trinajstić information content (AvgIpc) is 2.04. The molecular weight excluding hydrogens is 152 g/mol. The lowest BCUT2D eigenvalue weighted by Crippen LogP contribution is -2.16. The van der Waals surface area contributed by atoms with Crippen LogP contribution in [-0.4, -0.2) is 12.6 Å². The lowest BCUT2D eigenvalue weighted by atomic mass is 10.0. The highest BCUT2D eigenvalue weighted by Gasteiger charge is 2.16. The Morgan fingerprint density at radius 3 is 2.25 bits per heavy atom. The largest absolute Gasteiger partial charge is 0.466 e. The van der Waals surface area contributed by atoms with E-state index in [4.69, 9.17) is 17.6 Å². The van der Waals surface area contributed by atoms with Crippen LogP contribution < -0.4 is 0 Å². The summed E-state index contributed by atoms with van der Waals surface area (Å²) in [5, 5.41) is 0. The van der Waals surface area contributed by atoms with E-state index in [1.54, 1.807) is 6.92 Å². The van der Waals surface area contributed by atoms with Gasteiger partial charge in [0, 0.05) is 12.8 Å². The molecule has 64 valence electrons. The molecule has 2 nitrogen and oxygen atoms in total. The van der Waals surface area contributed by atoms with Gasteiger partial charge < -0.3 is 4.74 Å². The molecule has 0 rings (SSSR count). The molecule has 12 heavy (non-hydrogen) atoms. The molecule has 0 saturated carbocycles. The van der Waals surface area contributed by atoms with E-state index in [1.165, 1.54) is 0 Å². The fourth-order valence-corrected chi connectivity index (χ4v) is 0.783. The van der Waals surface area contributed by atoms with Crippen molar-refractivity contribution in [3.05, 3.63) is 0 Å². The molecule has 0 aromatic rings. The van der Waals surface area contributed by atoms with Crippen LogP contribution in [0.4, 0.5) is 0 Å². The average molecular weight is 164 g/mol. The molecular formula is C10H12O2. The molecule has 0 spiro atoms. The Morgan fingerprint density at radius 1 is 1.42 bits per heavy atom. The van der Waals surface area contributed by atoms with Crippen molar-refractivity contribution in [1.82, 2.24) is 0 Å². The molecule has 0 atom stereocenters. The van der Waals surface area contributed by atoms with Gasteiger partial charge in [0.2, 0.25) is 0 Å². The second-order valence-corrected chi connectivity index (χ2v) is 2.27. The second-order valence-electron chi connectivity index (χ2n) is 2.27. The fraction of sp³-hybridized carbons (Fsp3) is 0.500. The standard InChI is InChI=1S/C10H12O2/c1-4-7-9(8-5-2)10(11)12-6-3/h1-2,9H,6-8H2,3H3. The van der Waals surface area contributed by atoms with Crippen molar-refractivity contribution in [2.24, 2.45) is 5.92 Å². The maximum Gasteiger partial charge on any atom is 0.310 e. The Balaban J connectivity index is 4.03. The number of carbonyl (C=O) groups excluding carboxylic acids is 1. The van der Waals surface area contributed by atoms with Crippen molar-refractivity contribution in [1.29, 1.82) is 0 Å². The number of ether oxygens (including phenoxy) is 1. The molecule has 0 bridgehead atoms. The van der Waals surface area contributed by atoms with E-state index in [2.05, 4.69) is 11.8 Å². The van der Waals surface area contributed by atoms with Gasteiger partial charge in [-0.15, -0.1) is 24.7 Å². The van der Waals surface area contributed by atoms with Crippen molar-refractivity contribution in [2.45, 2.75) is 19.8 Å². The maximum atomic E-state index is 11.1. The summed E-state index contributed by atoms with van der Waals surface area (Å²) >= 11 is 0. The highest BCUT2D eigenvalue weighted by Crippen LogP contribution is 2.09. The monoisotopic (exact) mass is 164 g/mol. The molecule has 0 aromatic heterocycles. The normalized spacial score (nSPS) is 8.67. The predicted octanol–water partition coefficient (Wildman–Crippen LogP) is 1.21. The number of terminal acetylenes is 2. The smallest absolute Gasteiger partial charge is 0.310 e. The van der Waals surface area contributed by atoms with E-state index in [1.807, 2.05) is 0 Å². The number of rotatable bonds is 4. The zero-order chi connectivity index (χ0) is 9.40. The Kier molecular flexibility index (Phi) is 5.57. The van der Waals surface area contributed by atoms with Crippen LogP contribution in [0.1, 0.15) is 19.8 Å². The third-order valence-corrected chi connectivity index (χ3v) is 1.35. The summed E-state index contributed by atoms with van der Waals surface area (Å²) in [6.45, 7) is 2.12. The summed E-state index contributed by atoms with van der Waals surface area (Å²) in [5.74, 6) is 4.16. The summed E-state index contributed by atoms with van der Waals surface area (Å²) in [5.41, 5.74) is 0.